The number of nitrogens with one attached hydrogen (secondary N) is 1. The summed E-state index contributed by atoms with van der Waals surface area (Å²) < 4.78 is 1.03. The molecule has 3 nitrogen and oxygen atoms in total. The minimum atomic E-state index is 0.0997. The Hall–Kier alpha value is -0.870. The second-order valence-electron chi connectivity index (χ2n) is 4.90. The van der Waals surface area contributed by atoms with Gasteiger partial charge >= 0.3 is 0 Å². The van der Waals surface area contributed by atoms with Gasteiger partial charge in [0.1, 0.15) is 0 Å². The fourth-order valence-electron chi connectivity index (χ4n) is 2.55. The van der Waals surface area contributed by atoms with E-state index in [4.69, 9.17) is 5.73 Å². The lowest BCUT2D eigenvalue weighted by Crippen LogP contribution is -2.40. The first-order valence-corrected chi connectivity index (χ1v) is 7.22. The summed E-state index contributed by atoms with van der Waals surface area (Å²) in [4.78, 5) is 12.0. The third-order valence-corrected chi connectivity index (χ3v) is 4.11. The number of carbonyl (C=O) groups is 1. The first-order chi connectivity index (χ1) is 8.69. The van der Waals surface area contributed by atoms with E-state index in [9.17, 15) is 4.79 Å². The summed E-state index contributed by atoms with van der Waals surface area (Å²) in [5, 5.41) is 3.11. The number of carbonyl (C=O) groups excluding carboxylic acids is 1. The maximum Gasteiger partial charge on any atom is 0.224 e. The van der Waals surface area contributed by atoms with Crippen molar-refractivity contribution in [3.8, 4) is 0 Å². The Morgan fingerprint density at radius 3 is 2.72 bits per heavy atom. The molecule has 1 aliphatic rings. The highest BCUT2D eigenvalue weighted by Crippen LogP contribution is 2.24. The standard InChI is InChI=1S/C14H19BrN2O/c15-12-6-4-10(5-7-12)8-14(18)17-13-3-1-2-11(13)9-16/h4-7,11,13H,1-3,8-9,16H2,(H,17,18). The molecule has 0 bridgehead atoms. The second kappa shape index (κ2) is 6.34. The monoisotopic (exact) mass is 310 g/mol. The first kappa shape index (κ1) is 13.6. The number of amides is 1. The molecular weight excluding hydrogens is 292 g/mol. The largest absolute Gasteiger partial charge is 0.353 e. The van der Waals surface area contributed by atoms with Crippen molar-refractivity contribution in [2.75, 3.05) is 6.54 Å². The van der Waals surface area contributed by atoms with Crippen molar-refractivity contribution in [1.29, 1.82) is 0 Å². The molecule has 0 spiro atoms. The van der Waals surface area contributed by atoms with E-state index in [0.29, 0.717) is 18.9 Å². The lowest BCUT2D eigenvalue weighted by molar-refractivity contribution is -0.121. The Morgan fingerprint density at radius 1 is 1.33 bits per heavy atom. The summed E-state index contributed by atoms with van der Waals surface area (Å²) in [6.45, 7) is 0.670. The van der Waals surface area contributed by atoms with Crippen LogP contribution in [0.3, 0.4) is 0 Å². The summed E-state index contributed by atoms with van der Waals surface area (Å²) in [6.07, 6.45) is 3.82. The molecule has 1 aliphatic carbocycles. The average Bonchev–Trinajstić information content (AvgIpc) is 2.79. The van der Waals surface area contributed by atoms with E-state index in [1.165, 1.54) is 6.42 Å². The van der Waals surface area contributed by atoms with Crippen LogP contribution in [0, 0.1) is 5.92 Å². The third kappa shape index (κ3) is 3.56. The SMILES string of the molecule is NCC1CCCC1NC(=O)Cc1ccc(Br)cc1. The number of rotatable bonds is 4. The second-order valence-corrected chi connectivity index (χ2v) is 5.82. The number of hydrogen-bond acceptors (Lipinski definition) is 2. The predicted molar refractivity (Wildman–Crippen MR) is 76.2 cm³/mol. The van der Waals surface area contributed by atoms with Gasteiger partial charge in [-0.15, -0.1) is 0 Å². The van der Waals surface area contributed by atoms with Crippen LogP contribution in [0.15, 0.2) is 28.7 Å². The molecule has 1 aromatic rings. The van der Waals surface area contributed by atoms with E-state index in [-0.39, 0.29) is 11.9 Å². The molecule has 1 aromatic carbocycles. The topological polar surface area (TPSA) is 55.1 Å². The van der Waals surface area contributed by atoms with Gasteiger partial charge in [0.2, 0.25) is 5.91 Å². The van der Waals surface area contributed by atoms with Gasteiger partial charge in [-0.1, -0.05) is 34.5 Å². The predicted octanol–water partition coefficient (Wildman–Crippen LogP) is 2.24. The molecule has 1 saturated carbocycles. The summed E-state index contributed by atoms with van der Waals surface area (Å²) in [6, 6.07) is 8.14. The van der Waals surface area contributed by atoms with E-state index in [0.717, 1.165) is 22.9 Å². The maximum absolute atomic E-state index is 12.0. The van der Waals surface area contributed by atoms with Crippen molar-refractivity contribution in [2.24, 2.45) is 11.7 Å². The van der Waals surface area contributed by atoms with Crippen LogP contribution >= 0.6 is 15.9 Å². The minimum Gasteiger partial charge on any atom is -0.353 e. The smallest absolute Gasteiger partial charge is 0.224 e. The first-order valence-electron chi connectivity index (χ1n) is 6.43. The molecule has 4 heteroatoms. The van der Waals surface area contributed by atoms with Crippen molar-refractivity contribution in [1.82, 2.24) is 5.32 Å². The van der Waals surface area contributed by atoms with Crippen molar-refractivity contribution >= 4 is 21.8 Å². The van der Waals surface area contributed by atoms with Crippen LogP contribution in [-0.2, 0) is 11.2 Å². The average molecular weight is 311 g/mol. The fourth-order valence-corrected chi connectivity index (χ4v) is 2.82. The molecule has 0 saturated heterocycles. The summed E-state index contributed by atoms with van der Waals surface area (Å²) in [5.41, 5.74) is 6.75. The van der Waals surface area contributed by atoms with Gasteiger partial charge in [-0.3, -0.25) is 4.79 Å². The Balaban J connectivity index is 1.86. The van der Waals surface area contributed by atoms with Crippen molar-refractivity contribution in [3.63, 3.8) is 0 Å². The Kier molecular flexibility index (Phi) is 4.78. The van der Waals surface area contributed by atoms with Crippen LogP contribution in [0.2, 0.25) is 0 Å². The van der Waals surface area contributed by atoms with E-state index < -0.39 is 0 Å². The van der Waals surface area contributed by atoms with E-state index >= 15 is 0 Å². The molecule has 2 rings (SSSR count). The van der Waals surface area contributed by atoms with Gasteiger partial charge in [0, 0.05) is 10.5 Å². The number of halogens is 1. The molecule has 1 amide bonds. The zero-order valence-corrected chi connectivity index (χ0v) is 11.9. The van der Waals surface area contributed by atoms with Gasteiger partial charge in [0.25, 0.3) is 0 Å². The summed E-state index contributed by atoms with van der Waals surface area (Å²) in [7, 11) is 0. The van der Waals surface area contributed by atoms with Gasteiger partial charge < -0.3 is 11.1 Å². The van der Waals surface area contributed by atoms with Crippen LogP contribution in [-0.4, -0.2) is 18.5 Å². The molecule has 0 radical (unpaired) electrons. The van der Waals surface area contributed by atoms with Gasteiger partial charge in [0.15, 0.2) is 0 Å². The summed E-state index contributed by atoms with van der Waals surface area (Å²) >= 11 is 3.39. The highest BCUT2D eigenvalue weighted by molar-refractivity contribution is 9.10. The zero-order chi connectivity index (χ0) is 13.0. The van der Waals surface area contributed by atoms with E-state index in [1.807, 2.05) is 24.3 Å². The fraction of sp³-hybridized carbons (Fsp3) is 0.500. The molecule has 2 atom stereocenters. The van der Waals surface area contributed by atoms with Crippen molar-refractivity contribution < 1.29 is 4.79 Å². The zero-order valence-electron chi connectivity index (χ0n) is 10.4. The molecular formula is C14H19BrN2O. The Morgan fingerprint density at radius 2 is 2.06 bits per heavy atom. The molecule has 98 valence electrons. The Bertz CT molecular complexity index is 405. The highest BCUT2D eigenvalue weighted by atomic mass is 79.9. The lowest BCUT2D eigenvalue weighted by Gasteiger charge is -2.19. The molecule has 18 heavy (non-hydrogen) atoms. The van der Waals surface area contributed by atoms with Gasteiger partial charge in [-0.05, 0) is 43.0 Å². The van der Waals surface area contributed by atoms with E-state index in [2.05, 4.69) is 21.2 Å². The normalized spacial score (nSPS) is 23.0. The van der Waals surface area contributed by atoms with Gasteiger partial charge in [0.05, 0.1) is 6.42 Å². The van der Waals surface area contributed by atoms with Crippen molar-refractivity contribution in [2.45, 2.75) is 31.7 Å². The van der Waals surface area contributed by atoms with Crippen LogP contribution in [0.1, 0.15) is 24.8 Å². The minimum absolute atomic E-state index is 0.0997. The molecule has 3 N–H and O–H groups in total. The van der Waals surface area contributed by atoms with E-state index in [1.54, 1.807) is 0 Å². The molecule has 1 fully saturated rings. The number of nitrogens with two attached hydrogens (primary N) is 1. The lowest BCUT2D eigenvalue weighted by atomic mass is 10.0. The van der Waals surface area contributed by atoms with Crippen LogP contribution in [0.4, 0.5) is 0 Å². The van der Waals surface area contributed by atoms with Gasteiger partial charge in [-0.25, -0.2) is 0 Å². The number of benzene rings is 1. The third-order valence-electron chi connectivity index (χ3n) is 3.59. The molecule has 0 aromatic heterocycles. The molecule has 2 unspecified atom stereocenters. The quantitative estimate of drug-likeness (QED) is 0.896. The number of hydrogen-bond donors (Lipinski definition) is 2. The van der Waals surface area contributed by atoms with Crippen LogP contribution < -0.4 is 11.1 Å². The molecule has 0 aliphatic heterocycles. The van der Waals surface area contributed by atoms with Crippen LogP contribution in [0.5, 0.6) is 0 Å². The van der Waals surface area contributed by atoms with Crippen LogP contribution in [0.25, 0.3) is 0 Å². The summed E-state index contributed by atoms with van der Waals surface area (Å²) in [5.74, 6) is 0.557. The molecule has 0 heterocycles. The van der Waals surface area contributed by atoms with Gasteiger partial charge in [-0.2, -0.15) is 0 Å². The van der Waals surface area contributed by atoms with Crippen molar-refractivity contribution in [3.05, 3.63) is 34.3 Å². The Labute approximate surface area is 116 Å². The maximum atomic E-state index is 12.0. The highest BCUT2D eigenvalue weighted by Gasteiger charge is 2.27.